The molecule has 1 aromatic rings. The summed E-state index contributed by atoms with van der Waals surface area (Å²) in [4.78, 5) is 0. The molecule has 0 unspecified atom stereocenters. The molecule has 0 aliphatic carbocycles. The summed E-state index contributed by atoms with van der Waals surface area (Å²) < 4.78 is 1.09. The lowest BCUT2D eigenvalue weighted by atomic mass is 10.2. The molecule has 0 aromatic heterocycles. The van der Waals surface area contributed by atoms with Gasteiger partial charge in [-0.05, 0) is 34.0 Å². The van der Waals surface area contributed by atoms with Crippen molar-refractivity contribution < 1.29 is 0 Å². The summed E-state index contributed by atoms with van der Waals surface area (Å²) in [5.74, 6) is 5.75. The third-order valence-electron chi connectivity index (χ3n) is 1.98. The van der Waals surface area contributed by atoms with Gasteiger partial charge < -0.3 is 5.01 Å². The van der Waals surface area contributed by atoms with Crippen LogP contribution in [0.3, 0.4) is 0 Å². The fourth-order valence-electron chi connectivity index (χ4n) is 1.44. The molecule has 0 spiro atoms. The topological polar surface area (TPSA) is 29.3 Å². The number of rotatable bonds is 0. The van der Waals surface area contributed by atoms with Gasteiger partial charge in [-0.1, -0.05) is 12.1 Å². The first-order valence-corrected chi connectivity index (χ1v) is 4.38. The molecule has 0 saturated heterocycles. The molecule has 1 aromatic carbocycles. The van der Waals surface area contributed by atoms with E-state index >= 15 is 0 Å². The molecule has 1 heterocycles. The van der Waals surface area contributed by atoms with Crippen LogP contribution in [0.4, 0.5) is 5.69 Å². The number of nitrogens with two attached hydrogens (primary N) is 1. The second-order valence-corrected chi connectivity index (χ2v) is 3.55. The van der Waals surface area contributed by atoms with Crippen molar-refractivity contribution in [1.29, 1.82) is 0 Å². The average molecular weight is 213 g/mol. The Hall–Kier alpha value is -0.540. The highest BCUT2D eigenvalue weighted by atomic mass is 79.9. The maximum atomic E-state index is 5.75. The number of nitrogens with zero attached hydrogens (tertiary/aromatic N) is 1. The predicted octanol–water partition coefficient (Wildman–Crippen LogP) is 1.69. The monoisotopic (exact) mass is 212 g/mol. The first kappa shape index (κ1) is 7.13. The summed E-state index contributed by atoms with van der Waals surface area (Å²) in [7, 11) is 0. The summed E-state index contributed by atoms with van der Waals surface area (Å²) in [5, 5.41) is 1.79. The number of hydrazine groups is 1. The van der Waals surface area contributed by atoms with E-state index in [2.05, 4.69) is 22.0 Å². The Labute approximate surface area is 74.1 Å². The fourth-order valence-corrected chi connectivity index (χ4v) is 2.07. The zero-order valence-corrected chi connectivity index (χ0v) is 7.63. The Kier molecular flexibility index (Phi) is 1.62. The van der Waals surface area contributed by atoms with Crippen LogP contribution >= 0.6 is 15.9 Å². The Morgan fingerprint density at radius 2 is 2.27 bits per heavy atom. The standard InChI is InChI=1S/C8H9BrN2/c9-7-3-1-2-6-4-5-11(10)8(6)7/h1-3H,4-5,10H2. The Morgan fingerprint density at radius 3 is 3.00 bits per heavy atom. The normalized spacial score (nSPS) is 15.3. The maximum Gasteiger partial charge on any atom is 0.0691 e. The van der Waals surface area contributed by atoms with Gasteiger partial charge in [-0.25, -0.2) is 5.84 Å². The van der Waals surface area contributed by atoms with Gasteiger partial charge in [0.1, 0.15) is 0 Å². The molecule has 11 heavy (non-hydrogen) atoms. The van der Waals surface area contributed by atoms with Gasteiger partial charge in [0.15, 0.2) is 0 Å². The molecule has 0 saturated carbocycles. The van der Waals surface area contributed by atoms with E-state index in [1.165, 1.54) is 5.56 Å². The molecule has 1 aliphatic rings. The molecule has 2 rings (SSSR count). The summed E-state index contributed by atoms with van der Waals surface area (Å²) in [6.45, 7) is 0.929. The maximum absolute atomic E-state index is 5.75. The van der Waals surface area contributed by atoms with Crippen LogP contribution in [0.2, 0.25) is 0 Å². The zero-order chi connectivity index (χ0) is 7.84. The van der Waals surface area contributed by atoms with Crippen molar-refractivity contribution in [2.24, 2.45) is 5.84 Å². The summed E-state index contributed by atoms with van der Waals surface area (Å²) >= 11 is 3.47. The van der Waals surface area contributed by atoms with E-state index in [-0.39, 0.29) is 0 Å². The first-order valence-electron chi connectivity index (χ1n) is 3.58. The minimum absolute atomic E-state index is 0.929. The van der Waals surface area contributed by atoms with Crippen LogP contribution in [-0.4, -0.2) is 6.54 Å². The molecule has 0 bridgehead atoms. The number of para-hydroxylation sites is 1. The Balaban J connectivity index is 2.58. The second kappa shape index (κ2) is 2.50. The van der Waals surface area contributed by atoms with Gasteiger partial charge in [0, 0.05) is 11.0 Å². The van der Waals surface area contributed by atoms with Crippen molar-refractivity contribution in [3.05, 3.63) is 28.2 Å². The van der Waals surface area contributed by atoms with Crippen LogP contribution in [0.1, 0.15) is 5.56 Å². The van der Waals surface area contributed by atoms with Crippen molar-refractivity contribution >= 4 is 21.6 Å². The van der Waals surface area contributed by atoms with E-state index in [0.29, 0.717) is 0 Å². The van der Waals surface area contributed by atoms with E-state index in [1.54, 1.807) is 5.01 Å². The van der Waals surface area contributed by atoms with E-state index in [4.69, 9.17) is 5.84 Å². The second-order valence-electron chi connectivity index (χ2n) is 2.69. The number of halogens is 1. The summed E-state index contributed by atoms with van der Waals surface area (Å²) in [5.41, 5.74) is 2.48. The van der Waals surface area contributed by atoms with E-state index in [0.717, 1.165) is 23.1 Å². The molecule has 1 aliphatic heterocycles. The molecule has 0 amide bonds. The lowest BCUT2D eigenvalue weighted by Crippen LogP contribution is -2.28. The third-order valence-corrected chi connectivity index (χ3v) is 2.62. The molecule has 2 N–H and O–H groups in total. The van der Waals surface area contributed by atoms with Crippen LogP contribution in [-0.2, 0) is 6.42 Å². The van der Waals surface area contributed by atoms with Gasteiger partial charge in [0.05, 0.1) is 5.69 Å². The largest absolute Gasteiger partial charge is 0.309 e. The molecule has 0 radical (unpaired) electrons. The lowest BCUT2D eigenvalue weighted by molar-refractivity contribution is 0.890. The molecule has 0 fully saturated rings. The van der Waals surface area contributed by atoms with Crippen LogP contribution in [0, 0.1) is 0 Å². The van der Waals surface area contributed by atoms with Crippen molar-refractivity contribution in [2.75, 3.05) is 11.6 Å². The third kappa shape index (κ3) is 1.04. The first-order chi connectivity index (χ1) is 5.29. The highest BCUT2D eigenvalue weighted by Crippen LogP contribution is 2.32. The summed E-state index contributed by atoms with van der Waals surface area (Å²) in [6, 6.07) is 6.18. The lowest BCUT2D eigenvalue weighted by Gasteiger charge is -2.12. The van der Waals surface area contributed by atoms with Crippen molar-refractivity contribution in [2.45, 2.75) is 6.42 Å². The van der Waals surface area contributed by atoms with E-state index < -0.39 is 0 Å². The SMILES string of the molecule is NN1CCc2cccc(Br)c21. The number of fused-ring (bicyclic) bond motifs is 1. The highest BCUT2D eigenvalue weighted by Gasteiger charge is 2.17. The summed E-state index contributed by atoms with van der Waals surface area (Å²) in [6.07, 6.45) is 1.06. The smallest absolute Gasteiger partial charge is 0.0691 e. The minimum Gasteiger partial charge on any atom is -0.309 e. The zero-order valence-electron chi connectivity index (χ0n) is 6.05. The number of benzene rings is 1. The predicted molar refractivity (Wildman–Crippen MR) is 49.4 cm³/mol. The average Bonchev–Trinajstić information content (AvgIpc) is 2.34. The van der Waals surface area contributed by atoms with Crippen molar-refractivity contribution in [3.63, 3.8) is 0 Å². The van der Waals surface area contributed by atoms with Crippen LogP contribution in [0.5, 0.6) is 0 Å². The number of anilines is 1. The molecule has 3 heteroatoms. The molecule has 0 atom stereocenters. The molecule has 58 valence electrons. The van der Waals surface area contributed by atoms with Gasteiger partial charge in [-0.15, -0.1) is 0 Å². The fraction of sp³-hybridized carbons (Fsp3) is 0.250. The van der Waals surface area contributed by atoms with Gasteiger partial charge in [0.25, 0.3) is 0 Å². The Bertz CT molecular complexity index is 285. The Morgan fingerprint density at radius 1 is 1.45 bits per heavy atom. The van der Waals surface area contributed by atoms with Crippen molar-refractivity contribution in [3.8, 4) is 0 Å². The van der Waals surface area contributed by atoms with E-state index in [1.807, 2.05) is 12.1 Å². The van der Waals surface area contributed by atoms with Crippen LogP contribution < -0.4 is 10.9 Å². The van der Waals surface area contributed by atoms with Gasteiger partial charge in [-0.2, -0.15) is 0 Å². The van der Waals surface area contributed by atoms with Crippen LogP contribution in [0.25, 0.3) is 0 Å². The quantitative estimate of drug-likeness (QED) is 0.664. The molecule has 2 nitrogen and oxygen atoms in total. The minimum atomic E-state index is 0.929. The number of hydrogen-bond donors (Lipinski definition) is 1. The van der Waals surface area contributed by atoms with Crippen molar-refractivity contribution in [1.82, 2.24) is 0 Å². The van der Waals surface area contributed by atoms with Gasteiger partial charge in [0.2, 0.25) is 0 Å². The molecular formula is C8H9BrN2. The number of hydrogen-bond acceptors (Lipinski definition) is 2. The molecular weight excluding hydrogens is 204 g/mol. The van der Waals surface area contributed by atoms with Gasteiger partial charge in [-0.3, -0.25) is 0 Å². The van der Waals surface area contributed by atoms with Gasteiger partial charge >= 0.3 is 0 Å². The highest BCUT2D eigenvalue weighted by molar-refractivity contribution is 9.10. The van der Waals surface area contributed by atoms with Crippen LogP contribution in [0.15, 0.2) is 22.7 Å². The van der Waals surface area contributed by atoms with E-state index in [9.17, 15) is 0 Å².